The van der Waals surface area contributed by atoms with Crippen LogP contribution in [0.4, 0.5) is 0 Å². The number of unbranched alkanes of at least 4 members (excludes halogenated alkanes) is 13. The number of hydrazone groups is 1. The molecule has 13 heteroatoms. The molecular formula is C31H61N7O5S. The maximum absolute atomic E-state index is 12.0. The average molecular weight is 644 g/mol. The van der Waals surface area contributed by atoms with Crippen LogP contribution in [-0.2, 0) is 23.9 Å². The molecule has 12 nitrogen and oxygen atoms in total. The van der Waals surface area contributed by atoms with Gasteiger partial charge in [-0.1, -0.05) is 95.9 Å². The molecule has 0 saturated carbocycles. The third-order valence-corrected chi connectivity index (χ3v) is 8.00. The summed E-state index contributed by atoms with van der Waals surface area (Å²) in [5, 5.41) is 9.70. The minimum absolute atomic E-state index is 0.0216. The van der Waals surface area contributed by atoms with Crippen molar-refractivity contribution in [2.45, 2.75) is 129 Å². The van der Waals surface area contributed by atoms with E-state index in [9.17, 15) is 14.4 Å². The van der Waals surface area contributed by atoms with Crippen LogP contribution in [-0.4, -0.2) is 68.8 Å². The Morgan fingerprint density at radius 2 is 1.30 bits per heavy atom. The lowest BCUT2D eigenvalue weighted by molar-refractivity contribution is -0.126. The molecule has 0 aromatic carbocycles. The molecular weight excluding hydrogens is 582 g/mol. The number of carbonyl (C=O) groups is 3. The third-order valence-electron chi connectivity index (χ3n) is 7.13. The monoisotopic (exact) mass is 643 g/mol. The maximum Gasteiger partial charge on any atom is 0.245 e. The normalized spacial score (nSPS) is 12.3. The summed E-state index contributed by atoms with van der Waals surface area (Å²) in [5.41, 5.74) is 8.44. The highest BCUT2D eigenvalue weighted by molar-refractivity contribution is 7.97. The van der Waals surface area contributed by atoms with Crippen molar-refractivity contribution in [3.63, 3.8) is 0 Å². The number of rotatable bonds is 32. The number of nitrogens with zero attached hydrogens (tertiary/aromatic N) is 1. The molecule has 1 rings (SSSR count). The van der Waals surface area contributed by atoms with Gasteiger partial charge in [-0.05, 0) is 25.7 Å². The van der Waals surface area contributed by atoms with E-state index in [0.717, 1.165) is 37.9 Å². The van der Waals surface area contributed by atoms with E-state index in [-0.39, 0.29) is 24.3 Å². The summed E-state index contributed by atoms with van der Waals surface area (Å²) < 4.78 is 13.6. The number of ether oxygens (including phenoxy) is 2. The molecule has 0 unspecified atom stereocenters. The standard InChI is InChI=1S/C31H61N7O5S/c1-2-3-21-32-31(41)27-43-25-24-42-23-22-33-29(39)20-17-26-44-36-30(40)19-16-14-12-10-8-6-4-5-7-9-11-13-15-18-28-34-37-38-35-28/h37-38H,2-27H2,1H3,(H,32,41)(H,33,39)(H,34,35)(H,36,40). The van der Waals surface area contributed by atoms with E-state index in [1.165, 1.54) is 82.6 Å². The molecule has 0 aromatic rings. The molecule has 256 valence electrons. The minimum Gasteiger partial charge on any atom is -0.377 e. The summed E-state index contributed by atoms with van der Waals surface area (Å²) in [4.78, 5) is 35.4. The number of amides is 3. The van der Waals surface area contributed by atoms with E-state index in [4.69, 9.17) is 9.47 Å². The Balaban J connectivity index is 1.73. The van der Waals surface area contributed by atoms with Gasteiger partial charge in [-0.25, -0.2) is 5.53 Å². The zero-order valence-corrected chi connectivity index (χ0v) is 28.1. The molecule has 0 atom stereocenters. The summed E-state index contributed by atoms with van der Waals surface area (Å²) in [6.45, 7) is 4.35. The number of carbonyl (C=O) groups excluding carboxylic acids is 3. The second-order valence-corrected chi connectivity index (χ2v) is 12.1. The quantitative estimate of drug-likeness (QED) is 0.0463. The zero-order valence-electron chi connectivity index (χ0n) is 27.3. The first-order chi connectivity index (χ1) is 21.6. The highest BCUT2D eigenvalue weighted by Crippen LogP contribution is 2.14. The molecule has 0 fully saturated rings. The molecule has 3 amide bonds. The first kappa shape index (κ1) is 39.9. The summed E-state index contributed by atoms with van der Waals surface area (Å²) >= 11 is 1.38. The van der Waals surface area contributed by atoms with Crippen LogP contribution >= 0.6 is 11.9 Å². The van der Waals surface area contributed by atoms with Gasteiger partial charge < -0.3 is 24.8 Å². The van der Waals surface area contributed by atoms with Gasteiger partial charge in [0, 0.05) is 38.1 Å². The summed E-state index contributed by atoms with van der Waals surface area (Å²) in [6.07, 6.45) is 21.0. The lowest BCUT2D eigenvalue weighted by Crippen LogP contribution is -2.34. The minimum atomic E-state index is -0.111. The lowest BCUT2D eigenvalue weighted by Gasteiger charge is -2.08. The predicted molar refractivity (Wildman–Crippen MR) is 178 cm³/mol. The molecule has 1 aliphatic heterocycles. The second kappa shape index (κ2) is 30.9. The van der Waals surface area contributed by atoms with Crippen molar-refractivity contribution >= 4 is 35.5 Å². The van der Waals surface area contributed by atoms with Gasteiger partial charge in [-0.3, -0.25) is 19.8 Å². The molecule has 0 bridgehead atoms. The van der Waals surface area contributed by atoms with E-state index in [0.29, 0.717) is 57.9 Å². The van der Waals surface area contributed by atoms with Crippen LogP contribution in [0.3, 0.4) is 0 Å². The van der Waals surface area contributed by atoms with Crippen molar-refractivity contribution in [3.8, 4) is 0 Å². The zero-order chi connectivity index (χ0) is 31.8. The van der Waals surface area contributed by atoms with E-state index >= 15 is 0 Å². The van der Waals surface area contributed by atoms with Crippen molar-refractivity contribution in [1.29, 1.82) is 0 Å². The Bertz CT molecular complexity index is 761. The van der Waals surface area contributed by atoms with Gasteiger partial charge in [0.15, 0.2) is 0 Å². The van der Waals surface area contributed by atoms with Crippen LogP contribution in [0.2, 0.25) is 0 Å². The lowest BCUT2D eigenvalue weighted by atomic mass is 10.0. The van der Waals surface area contributed by atoms with Crippen LogP contribution in [0.5, 0.6) is 0 Å². The van der Waals surface area contributed by atoms with Crippen LogP contribution in [0.15, 0.2) is 5.10 Å². The molecule has 0 spiro atoms. The topological polar surface area (TPSA) is 154 Å². The summed E-state index contributed by atoms with van der Waals surface area (Å²) in [7, 11) is 0. The van der Waals surface area contributed by atoms with Gasteiger partial charge in [0.25, 0.3) is 0 Å². The Kier molecular flexibility index (Phi) is 28.1. The van der Waals surface area contributed by atoms with Crippen LogP contribution < -0.4 is 31.9 Å². The van der Waals surface area contributed by atoms with Crippen LogP contribution in [0.1, 0.15) is 129 Å². The molecule has 0 aromatic heterocycles. The van der Waals surface area contributed by atoms with Gasteiger partial charge in [-0.2, -0.15) is 0 Å². The van der Waals surface area contributed by atoms with E-state index in [1.807, 2.05) is 0 Å². The molecule has 0 saturated heterocycles. The van der Waals surface area contributed by atoms with Gasteiger partial charge >= 0.3 is 0 Å². The molecule has 1 aliphatic rings. The highest BCUT2D eigenvalue weighted by atomic mass is 32.2. The SMILES string of the molecule is CCCCNC(=O)COCCOCCNC(=O)CCCSNC(=O)CCCCCCCCCCCCCCCC1=NNNN1. The second-order valence-electron chi connectivity index (χ2n) is 11.2. The predicted octanol–water partition coefficient (Wildman–Crippen LogP) is 4.37. The molecule has 0 radical (unpaired) electrons. The summed E-state index contributed by atoms with van der Waals surface area (Å²) in [6, 6.07) is 0. The molecule has 6 N–H and O–H groups in total. The highest BCUT2D eigenvalue weighted by Gasteiger charge is 2.05. The number of nitrogens with one attached hydrogen (secondary N) is 6. The van der Waals surface area contributed by atoms with E-state index < -0.39 is 0 Å². The number of hydrogen-bond donors (Lipinski definition) is 6. The Labute approximate surface area is 270 Å². The number of hydrogen-bond acceptors (Lipinski definition) is 10. The number of hydrazine groups is 2. The Morgan fingerprint density at radius 1 is 0.682 bits per heavy atom. The smallest absolute Gasteiger partial charge is 0.245 e. The number of amidine groups is 1. The molecule has 44 heavy (non-hydrogen) atoms. The third kappa shape index (κ3) is 27.5. The molecule has 0 aliphatic carbocycles. The first-order valence-corrected chi connectivity index (χ1v) is 18.0. The van der Waals surface area contributed by atoms with Crippen molar-refractivity contribution in [3.05, 3.63) is 0 Å². The average Bonchev–Trinajstić information content (AvgIpc) is 3.54. The molecule has 1 heterocycles. The van der Waals surface area contributed by atoms with Gasteiger partial charge in [0.1, 0.15) is 12.4 Å². The largest absolute Gasteiger partial charge is 0.377 e. The van der Waals surface area contributed by atoms with Gasteiger partial charge in [0.05, 0.1) is 19.8 Å². The Hall–Kier alpha value is -2.09. The van der Waals surface area contributed by atoms with Gasteiger partial charge in [0.2, 0.25) is 17.7 Å². The van der Waals surface area contributed by atoms with Crippen molar-refractivity contribution < 1.29 is 23.9 Å². The van der Waals surface area contributed by atoms with Crippen molar-refractivity contribution in [1.82, 2.24) is 31.9 Å². The maximum atomic E-state index is 12.0. The van der Waals surface area contributed by atoms with E-state index in [1.54, 1.807) is 0 Å². The van der Waals surface area contributed by atoms with Crippen molar-refractivity contribution in [2.24, 2.45) is 5.10 Å². The van der Waals surface area contributed by atoms with E-state index in [2.05, 4.69) is 43.9 Å². The fourth-order valence-corrected chi connectivity index (χ4v) is 5.20. The fraction of sp³-hybridized carbons (Fsp3) is 0.871. The Morgan fingerprint density at radius 3 is 1.95 bits per heavy atom. The van der Waals surface area contributed by atoms with Crippen LogP contribution in [0.25, 0.3) is 0 Å². The summed E-state index contributed by atoms with van der Waals surface area (Å²) in [5.74, 6) is 1.66. The van der Waals surface area contributed by atoms with Crippen LogP contribution in [0, 0.1) is 0 Å². The fourth-order valence-electron chi connectivity index (χ4n) is 4.54. The van der Waals surface area contributed by atoms with Gasteiger partial charge in [-0.15, -0.1) is 10.6 Å². The first-order valence-electron chi connectivity index (χ1n) is 17.0. The van der Waals surface area contributed by atoms with Crippen molar-refractivity contribution in [2.75, 3.05) is 45.3 Å².